The van der Waals surface area contributed by atoms with Crippen LogP contribution in [0.4, 0.5) is 11.6 Å². The molecule has 0 atom stereocenters. The second-order valence-electron chi connectivity index (χ2n) is 8.00. The van der Waals surface area contributed by atoms with Crippen molar-refractivity contribution in [3.05, 3.63) is 24.5 Å². The number of fused-ring (bicyclic) bond motifs is 1. The molecule has 4 rings (SSSR count). The molecule has 9 nitrogen and oxygen atoms in total. The van der Waals surface area contributed by atoms with Crippen LogP contribution in [0.5, 0.6) is 0 Å². The smallest absolute Gasteiger partial charge is 0.219 e. The highest BCUT2D eigenvalue weighted by atomic mass is 32.2. The van der Waals surface area contributed by atoms with E-state index in [1.165, 1.54) is 10.6 Å². The summed E-state index contributed by atoms with van der Waals surface area (Å²) in [4.78, 5) is 24.8. The predicted molar refractivity (Wildman–Crippen MR) is 117 cm³/mol. The van der Waals surface area contributed by atoms with E-state index in [1.54, 1.807) is 13.1 Å². The van der Waals surface area contributed by atoms with Gasteiger partial charge in [0, 0.05) is 75.4 Å². The van der Waals surface area contributed by atoms with Crippen LogP contribution in [0.3, 0.4) is 0 Å². The van der Waals surface area contributed by atoms with Crippen LogP contribution < -0.4 is 10.2 Å². The van der Waals surface area contributed by atoms with Gasteiger partial charge in [-0.15, -0.1) is 0 Å². The number of hydrogen-bond donors (Lipinski definition) is 1. The predicted octanol–water partition coefficient (Wildman–Crippen LogP) is 1.13. The summed E-state index contributed by atoms with van der Waals surface area (Å²) in [7, 11) is -3.13. The Morgan fingerprint density at radius 2 is 1.80 bits per heavy atom. The van der Waals surface area contributed by atoms with Gasteiger partial charge in [0.2, 0.25) is 15.9 Å². The number of pyridine rings is 2. The molecule has 4 heterocycles. The minimum atomic E-state index is -3.13. The zero-order valence-corrected chi connectivity index (χ0v) is 18.2. The molecule has 0 bridgehead atoms. The van der Waals surface area contributed by atoms with Crippen LogP contribution in [0.2, 0.25) is 0 Å². The fourth-order valence-corrected chi connectivity index (χ4v) is 5.03. The van der Waals surface area contributed by atoms with Crippen molar-refractivity contribution in [3.8, 4) is 0 Å². The van der Waals surface area contributed by atoms with Gasteiger partial charge in [-0.05, 0) is 25.0 Å². The van der Waals surface area contributed by atoms with Gasteiger partial charge < -0.3 is 15.1 Å². The number of nitrogens with zero attached hydrogens (tertiary/aromatic N) is 5. The Labute approximate surface area is 177 Å². The van der Waals surface area contributed by atoms with E-state index >= 15 is 0 Å². The second kappa shape index (κ2) is 8.35. The number of aromatic nitrogens is 2. The average molecular weight is 433 g/mol. The van der Waals surface area contributed by atoms with Crippen molar-refractivity contribution in [2.24, 2.45) is 0 Å². The molecule has 162 valence electrons. The Morgan fingerprint density at radius 3 is 2.43 bits per heavy atom. The van der Waals surface area contributed by atoms with Gasteiger partial charge >= 0.3 is 0 Å². The van der Waals surface area contributed by atoms with Gasteiger partial charge in [0.15, 0.2) is 0 Å². The summed E-state index contributed by atoms with van der Waals surface area (Å²) in [5.41, 5.74) is 0. The molecular weight excluding hydrogens is 404 g/mol. The molecule has 30 heavy (non-hydrogen) atoms. The lowest BCUT2D eigenvalue weighted by atomic mass is 10.1. The number of hydrogen-bond acceptors (Lipinski definition) is 7. The van der Waals surface area contributed by atoms with E-state index in [0.29, 0.717) is 26.2 Å². The van der Waals surface area contributed by atoms with Crippen molar-refractivity contribution < 1.29 is 13.2 Å². The van der Waals surface area contributed by atoms with E-state index < -0.39 is 10.0 Å². The molecule has 2 aliphatic heterocycles. The summed E-state index contributed by atoms with van der Waals surface area (Å²) >= 11 is 0. The fourth-order valence-electron chi connectivity index (χ4n) is 4.16. The number of carbonyl (C=O) groups is 1. The summed E-state index contributed by atoms with van der Waals surface area (Å²) in [6, 6.07) is 4.16. The zero-order chi connectivity index (χ0) is 21.3. The fraction of sp³-hybridized carbons (Fsp3) is 0.550. The number of piperazine rings is 1. The topological polar surface area (TPSA) is 98.7 Å². The van der Waals surface area contributed by atoms with Crippen molar-refractivity contribution in [1.82, 2.24) is 19.2 Å². The molecular formula is C20H28N6O3S. The number of anilines is 2. The molecule has 1 amide bonds. The van der Waals surface area contributed by atoms with Gasteiger partial charge in [0.25, 0.3) is 0 Å². The first-order valence-electron chi connectivity index (χ1n) is 10.3. The first kappa shape index (κ1) is 20.8. The molecule has 0 saturated carbocycles. The molecule has 2 aromatic rings. The van der Waals surface area contributed by atoms with Crippen molar-refractivity contribution in [1.29, 1.82) is 0 Å². The third kappa shape index (κ3) is 4.49. The first-order chi connectivity index (χ1) is 14.3. The largest absolute Gasteiger partial charge is 0.367 e. The molecule has 2 saturated heterocycles. The number of sulfonamides is 1. The molecule has 0 aliphatic carbocycles. The summed E-state index contributed by atoms with van der Waals surface area (Å²) in [6.45, 7) is 5.55. The summed E-state index contributed by atoms with van der Waals surface area (Å²) in [5.74, 6) is 1.79. The van der Waals surface area contributed by atoms with Crippen LogP contribution in [-0.4, -0.2) is 85.1 Å². The maximum absolute atomic E-state index is 11.7. The standard InChI is InChI=1S/C20H28N6O3S/c1-15(27)24-9-11-25(12-10-24)20-18-13-19(22-14-16(18)3-6-21-20)23-17-4-7-26(8-5-17)30(2,28)29/h3,6,13-14,17H,4-5,7-12H2,1-2H3,(H,22,23). The molecule has 0 spiro atoms. The third-order valence-corrected chi connectivity index (χ3v) is 7.23. The van der Waals surface area contributed by atoms with Crippen LogP contribution in [-0.2, 0) is 14.8 Å². The lowest BCUT2D eigenvalue weighted by Crippen LogP contribution is -2.48. The van der Waals surface area contributed by atoms with Crippen LogP contribution >= 0.6 is 0 Å². The Kier molecular flexibility index (Phi) is 5.79. The van der Waals surface area contributed by atoms with Gasteiger partial charge in [0.1, 0.15) is 11.6 Å². The molecule has 0 radical (unpaired) electrons. The van der Waals surface area contributed by atoms with Crippen LogP contribution in [0.25, 0.3) is 10.8 Å². The average Bonchev–Trinajstić information content (AvgIpc) is 2.73. The number of carbonyl (C=O) groups excluding carboxylic acids is 1. The number of rotatable bonds is 4. The monoisotopic (exact) mass is 432 g/mol. The highest BCUT2D eigenvalue weighted by Crippen LogP contribution is 2.27. The van der Waals surface area contributed by atoms with Gasteiger partial charge in [-0.1, -0.05) is 0 Å². The first-order valence-corrected chi connectivity index (χ1v) is 12.1. The number of piperidine rings is 1. The maximum atomic E-state index is 11.7. The molecule has 0 aromatic carbocycles. The highest BCUT2D eigenvalue weighted by Gasteiger charge is 2.25. The summed E-state index contributed by atoms with van der Waals surface area (Å²) in [5, 5.41) is 5.51. The van der Waals surface area contributed by atoms with E-state index in [-0.39, 0.29) is 11.9 Å². The molecule has 1 N–H and O–H groups in total. The van der Waals surface area contributed by atoms with E-state index in [9.17, 15) is 13.2 Å². The summed E-state index contributed by atoms with van der Waals surface area (Å²) in [6.07, 6.45) is 6.40. The Hall–Kier alpha value is -2.46. The Balaban J connectivity index is 1.49. The normalized spacial score (nSPS) is 19.3. The van der Waals surface area contributed by atoms with Gasteiger partial charge in [0.05, 0.1) is 6.26 Å². The zero-order valence-electron chi connectivity index (χ0n) is 17.4. The van der Waals surface area contributed by atoms with E-state index in [2.05, 4.69) is 20.2 Å². The minimum absolute atomic E-state index is 0.109. The quantitative estimate of drug-likeness (QED) is 0.773. The number of amides is 1. The van der Waals surface area contributed by atoms with E-state index in [1.807, 2.05) is 23.2 Å². The van der Waals surface area contributed by atoms with Crippen molar-refractivity contribution >= 4 is 38.3 Å². The Morgan fingerprint density at radius 1 is 1.10 bits per heavy atom. The van der Waals surface area contributed by atoms with Gasteiger partial charge in [-0.3, -0.25) is 4.79 Å². The lowest BCUT2D eigenvalue weighted by Gasteiger charge is -2.35. The molecule has 2 aromatic heterocycles. The SMILES string of the molecule is CC(=O)N1CCN(c2nccc3cnc(NC4CCN(S(C)(=O)=O)CC4)cc23)CC1. The Bertz CT molecular complexity index is 1030. The van der Waals surface area contributed by atoms with Crippen molar-refractivity contribution in [2.75, 3.05) is 55.7 Å². The lowest BCUT2D eigenvalue weighted by molar-refractivity contribution is -0.129. The molecule has 2 aliphatic rings. The van der Waals surface area contributed by atoms with Gasteiger partial charge in [-0.2, -0.15) is 0 Å². The second-order valence-corrected chi connectivity index (χ2v) is 9.98. The number of nitrogens with one attached hydrogen (secondary N) is 1. The molecule has 0 unspecified atom stereocenters. The summed E-state index contributed by atoms with van der Waals surface area (Å²) < 4.78 is 24.9. The third-order valence-electron chi connectivity index (χ3n) is 5.93. The van der Waals surface area contributed by atoms with E-state index in [0.717, 1.165) is 48.3 Å². The van der Waals surface area contributed by atoms with Crippen molar-refractivity contribution in [3.63, 3.8) is 0 Å². The maximum Gasteiger partial charge on any atom is 0.219 e. The van der Waals surface area contributed by atoms with Crippen molar-refractivity contribution in [2.45, 2.75) is 25.8 Å². The molecule has 2 fully saturated rings. The van der Waals surface area contributed by atoms with Crippen LogP contribution in [0.1, 0.15) is 19.8 Å². The van der Waals surface area contributed by atoms with E-state index in [4.69, 9.17) is 0 Å². The van der Waals surface area contributed by atoms with Crippen LogP contribution in [0, 0.1) is 0 Å². The van der Waals surface area contributed by atoms with Gasteiger partial charge in [-0.25, -0.2) is 22.7 Å². The highest BCUT2D eigenvalue weighted by molar-refractivity contribution is 7.88. The minimum Gasteiger partial charge on any atom is -0.367 e. The molecule has 10 heteroatoms. The van der Waals surface area contributed by atoms with Crippen LogP contribution in [0.15, 0.2) is 24.5 Å².